The molecular weight excluding hydrogens is 505 g/mol. The molecule has 0 bridgehead atoms. The van der Waals surface area contributed by atoms with Gasteiger partial charge in [0.05, 0.1) is 11.8 Å². The SMILES string of the molecule is CC(C)N(CCCCc1nc2c(F)c(F)c(F)cc2[nH]1)CC1OC(n2cnc3c(N)ncnc32)C(O)C1O. The zero-order valence-electron chi connectivity index (χ0n) is 20.9. The number of hydrogen-bond donors (Lipinski definition) is 4. The van der Waals surface area contributed by atoms with E-state index in [0.29, 0.717) is 42.9 Å². The van der Waals surface area contributed by atoms with Crippen LogP contribution in [0.2, 0.25) is 0 Å². The van der Waals surface area contributed by atoms with Crippen molar-refractivity contribution >= 4 is 28.0 Å². The minimum absolute atomic E-state index is 0.112. The van der Waals surface area contributed by atoms with Crippen LogP contribution in [-0.4, -0.2) is 82.0 Å². The van der Waals surface area contributed by atoms with E-state index in [1.54, 1.807) is 0 Å². The third-order valence-corrected chi connectivity index (χ3v) is 6.91. The maximum Gasteiger partial charge on any atom is 0.196 e. The second-order valence-electron chi connectivity index (χ2n) is 9.74. The second kappa shape index (κ2) is 10.4. The van der Waals surface area contributed by atoms with Gasteiger partial charge in [-0.05, 0) is 33.2 Å². The first-order valence-electron chi connectivity index (χ1n) is 12.4. The van der Waals surface area contributed by atoms with Crippen molar-refractivity contribution in [2.75, 3.05) is 18.8 Å². The van der Waals surface area contributed by atoms with Crippen LogP contribution in [0.25, 0.3) is 22.2 Å². The van der Waals surface area contributed by atoms with Crippen molar-refractivity contribution in [2.24, 2.45) is 0 Å². The average Bonchev–Trinajstić information content (AvgIpc) is 3.57. The maximum absolute atomic E-state index is 13.9. The number of nitrogens with two attached hydrogens (primary N) is 1. The van der Waals surface area contributed by atoms with Crippen LogP contribution in [0.1, 0.15) is 38.7 Å². The van der Waals surface area contributed by atoms with E-state index >= 15 is 0 Å². The molecule has 0 aliphatic carbocycles. The number of benzene rings is 1. The van der Waals surface area contributed by atoms with Crippen molar-refractivity contribution in [1.29, 1.82) is 0 Å². The minimum Gasteiger partial charge on any atom is -0.387 e. The fourth-order valence-corrected chi connectivity index (χ4v) is 4.79. The first-order valence-corrected chi connectivity index (χ1v) is 12.4. The molecule has 14 heteroatoms. The molecule has 1 aromatic carbocycles. The van der Waals surface area contributed by atoms with E-state index in [1.165, 1.54) is 17.2 Å². The Hall–Kier alpha value is -3.33. The molecule has 204 valence electrons. The first kappa shape index (κ1) is 26.3. The van der Waals surface area contributed by atoms with Gasteiger partial charge in [-0.15, -0.1) is 0 Å². The maximum atomic E-state index is 13.9. The molecule has 4 unspecified atom stereocenters. The summed E-state index contributed by atoms with van der Waals surface area (Å²) in [5.74, 6) is -3.46. The van der Waals surface area contributed by atoms with Crippen molar-refractivity contribution in [2.45, 2.75) is 63.7 Å². The van der Waals surface area contributed by atoms with Gasteiger partial charge < -0.3 is 25.7 Å². The summed E-state index contributed by atoms with van der Waals surface area (Å²) in [7, 11) is 0. The molecule has 5 N–H and O–H groups in total. The summed E-state index contributed by atoms with van der Waals surface area (Å²) in [4.78, 5) is 21.3. The topological polar surface area (TPSA) is 151 Å². The Bertz CT molecular complexity index is 1440. The number of rotatable bonds is 9. The molecule has 4 heterocycles. The van der Waals surface area contributed by atoms with E-state index in [0.717, 1.165) is 12.5 Å². The summed E-state index contributed by atoms with van der Waals surface area (Å²) < 4.78 is 48.5. The van der Waals surface area contributed by atoms with Gasteiger partial charge in [0, 0.05) is 25.1 Å². The van der Waals surface area contributed by atoms with Crippen molar-refractivity contribution in [3.05, 3.63) is 42.0 Å². The molecule has 4 aromatic rings. The number of anilines is 1. The molecule has 4 atom stereocenters. The van der Waals surface area contributed by atoms with E-state index in [9.17, 15) is 23.4 Å². The number of H-pyrrole nitrogens is 1. The molecule has 0 spiro atoms. The van der Waals surface area contributed by atoms with Gasteiger partial charge in [-0.2, -0.15) is 0 Å². The number of aliphatic hydroxyl groups excluding tert-OH is 2. The van der Waals surface area contributed by atoms with E-state index in [-0.39, 0.29) is 22.9 Å². The summed E-state index contributed by atoms with van der Waals surface area (Å²) in [6, 6.07) is 1.02. The highest BCUT2D eigenvalue weighted by Gasteiger charge is 2.45. The Balaban J connectivity index is 1.20. The molecule has 0 radical (unpaired) electrons. The molecule has 11 nitrogen and oxygen atoms in total. The van der Waals surface area contributed by atoms with Crippen LogP contribution in [0.3, 0.4) is 0 Å². The number of aryl methyl sites for hydroxylation is 1. The van der Waals surface area contributed by atoms with Gasteiger partial charge in [-0.3, -0.25) is 9.47 Å². The number of nitrogens with zero attached hydrogens (tertiary/aromatic N) is 6. The van der Waals surface area contributed by atoms with Crippen LogP contribution in [0.5, 0.6) is 0 Å². The number of ether oxygens (including phenoxy) is 1. The largest absolute Gasteiger partial charge is 0.387 e. The van der Waals surface area contributed by atoms with E-state index in [1.807, 2.05) is 13.8 Å². The van der Waals surface area contributed by atoms with Gasteiger partial charge in [-0.25, -0.2) is 33.1 Å². The van der Waals surface area contributed by atoms with Crippen LogP contribution >= 0.6 is 0 Å². The van der Waals surface area contributed by atoms with Crippen LogP contribution in [0.4, 0.5) is 19.0 Å². The smallest absolute Gasteiger partial charge is 0.196 e. The van der Waals surface area contributed by atoms with Crippen molar-refractivity contribution in [1.82, 2.24) is 34.4 Å². The number of aliphatic hydroxyl groups is 2. The Morgan fingerprint density at radius 1 is 1.11 bits per heavy atom. The summed E-state index contributed by atoms with van der Waals surface area (Å²) in [6.45, 7) is 5.05. The number of unbranched alkanes of at least 4 members (excludes halogenated alkanes) is 1. The first-order chi connectivity index (χ1) is 18.2. The molecular formula is C24H29F3N8O3. The zero-order valence-corrected chi connectivity index (χ0v) is 20.9. The van der Waals surface area contributed by atoms with Crippen molar-refractivity contribution in [3.8, 4) is 0 Å². The third-order valence-electron chi connectivity index (χ3n) is 6.91. The fourth-order valence-electron chi connectivity index (χ4n) is 4.79. The van der Waals surface area contributed by atoms with E-state index < -0.39 is 42.0 Å². The highest BCUT2D eigenvalue weighted by Crippen LogP contribution is 2.32. The Labute approximate surface area is 215 Å². The minimum atomic E-state index is -1.54. The van der Waals surface area contributed by atoms with Crippen molar-refractivity contribution < 1.29 is 28.1 Å². The van der Waals surface area contributed by atoms with Gasteiger partial charge in [-0.1, -0.05) is 0 Å². The summed E-state index contributed by atoms with van der Waals surface area (Å²) in [5.41, 5.74) is 6.52. The molecule has 0 saturated carbocycles. The molecule has 1 aliphatic rings. The number of nitrogen functional groups attached to an aromatic ring is 1. The lowest BCUT2D eigenvalue weighted by molar-refractivity contribution is -0.0469. The molecule has 1 aliphatic heterocycles. The van der Waals surface area contributed by atoms with Gasteiger partial charge in [0.1, 0.15) is 41.5 Å². The molecule has 1 fully saturated rings. The predicted molar refractivity (Wildman–Crippen MR) is 131 cm³/mol. The van der Waals surface area contributed by atoms with Gasteiger partial charge in [0.15, 0.2) is 35.1 Å². The molecule has 5 rings (SSSR count). The van der Waals surface area contributed by atoms with Crippen molar-refractivity contribution in [3.63, 3.8) is 0 Å². The van der Waals surface area contributed by atoms with Crippen LogP contribution in [0.15, 0.2) is 18.7 Å². The number of fused-ring (bicyclic) bond motifs is 2. The Kier molecular flexibility index (Phi) is 7.22. The predicted octanol–water partition coefficient (Wildman–Crippen LogP) is 2.05. The number of aromatic nitrogens is 6. The Morgan fingerprint density at radius 3 is 2.66 bits per heavy atom. The van der Waals surface area contributed by atoms with Gasteiger partial charge in [0.2, 0.25) is 0 Å². The van der Waals surface area contributed by atoms with Gasteiger partial charge in [0.25, 0.3) is 0 Å². The van der Waals surface area contributed by atoms with Gasteiger partial charge >= 0.3 is 0 Å². The monoisotopic (exact) mass is 534 g/mol. The third kappa shape index (κ3) is 4.79. The van der Waals surface area contributed by atoms with E-state index in [4.69, 9.17) is 10.5 Å². The standard InChI is InChI=1S/C24H29F3N8O3/c1-11(2)34(6-4-3-5-15-32-13-7-12(25)16(26)17(27)18(13)33-15)8-14-20(36)21(37)24(38-14)35-10-31-19-22(28)29-9-30-23(19)35/h7,9-11,14,20-21,24,36-37H,3-6,8H2,1-2H3,(H,32,33)(H2,28,29,30). The lowest BCUT2D eigenvalue weighted by atomic mass is 10.1. The Morgan fingerprint density at radius 2 is 1.89 bits per heavy atom. The number of nitrogens with one attached hydrogen (secondary N) is 1. The average molecular weight is 535 g/mol. The fraction of sp³-hybridized carbons (Fsp3) is 0.500. The normalized spacial score (nSPS) is 22.0. The lowest BCUT2D eigenvalue weighted by Gasteiger charge is -2.30. The molecule has 38 heavy (non-hydrogen) atoms. The number of hydrogen-bond acceptors (Lipinski definition) is 9. The summed E-state index contributed by atoms with van der Waals surface area (Å²) in [5, 5.41) is 21.5. The van der Waals surface area contributed by atoms with Crippen LogP contribution in [-0.2, 0) is 11.2 Å². The lowest BCUT2D eigenvalue weighted by Crippen LogP contribution is -2.43. The number of halogens is 3. The van der Waals surface area contributed by atoms with Crippen LogP contribution in [0, 0.1) is 17.5 Å². The van der Waals surface area contributed by atoms with Crippen LogP contribution < -0.4 is 5.73 Å². The highest BCUT2D eigenvalue weighted by atomic mass is 19.2. The van der Waals surface area contributed by atoms with E-state index in [2.05, 4.69) is 29.8 Å². The zero-order chi connectivity index (χ0) is 27.1. The molecule has 1 saturated heterocycles. The number of aromatic amines is 1. The quantitative estimate of drug-likeness (QED) is 0.187. The molecule has 0 amide bonds. The second-order valence-corrected chi connectivity index (χ2v) is 9.74. The summed E-state index contributed by atoms with van der Waals surface area (Å²) in [6.07, 6.45) is 0.717. The number of imidazole rings is 2. The molecule has 3 aromatic heterocycles. The highest BCUT2D eigenvalue weighted by molar-refractivity contribution is 5.81. The summed E-state index contributed by atoms with van der Waals surface area (Å²) >= 11 is 0.